The fourth-order valence-electron chi connectivity index (χ4n) is 3.17. The molecule has 0 saturated heterocycles. The normalized spacial score (nSPS) is 24.5. The van der Waals surface area contributed by atoms with Gasteiger partial charge in [-0.3, -0.25) is 4.98 Å². The molecular formula is C18H22ClFN2O5S. The lowest BCUT2D eigenvalue weighted by atomic mass is 9.87. The predicted molar refractivity (Wildman–Crippen MR) is 102 cm³/mol. The van der Waals surface area contributed by atoms with Crippen molar-refractivity contribution in [1.82, 2.24) is 9.71 Å². The quantitative estimate of drug-likeness (QED) is 0.611. The smallest absolute Gasteiger partial charge is 0.240 e. The molecule has 3 rings (SSSR count). The fourth-order valence-corrected chi connectivity index (χ4v) is 4.33. The summed E-state index contributed by atoms with van der Waals surface area (Å²) in [5.41, 5.74) is -0.790. The number of halogens is 2. The minimum absolute atomic E-state index is 0. The number of pyridine rings is 1. The molecule has 1 aromatic heterocycles. The highest BCUT2D eigenvalue weighted by Gasteiger charge is 2.45. The summed E-state index contributed by atoms with van der Waals surface area (Å²) in [4.78, 5) is 3.89. The number of aliphatic hydroxyl groups is 2. The van der Waals surface area contributed by atoms with E-state index in [0.29, 0.717) is 5.75 Å². The highest BCUT2D eigenvalue weighted by molar-refractivity contribution is 7.89. The largest absolute Gasteiger partial charge is 0.491 e. The summed E-state index contributed by atoms with van der Waals surface area (Å²) >= 11 is 0. The Morgan fingerprint density at radius 2 is 1.82 bits per heavy atom. The molecule has 0 radical (unpaired) electrons. The Morgan fingerprint density at radius 1 is 1.18 bits per heavy atom. The van der Waals surface area contributed by atoms with Crippen molar-refractivity contribution in [2.75, 3.05) is 13.2 Å². The Bertz CT molecular complexity index is 857. The minimum Gasteiger partial charge on any atom is -0.491 e. The lowest BCUT2D eigenvalue weighted by Gasteiger charge is -2.29. The van der Waals surface area contributed by atoms with Crippen molar-refractivity contribution >= 4 is 22.4 Å². The predicted octanol–water partition coefficient (Wildman–Crippen LogP) is 1.50. The van der Waals surface area contributed by atoms with E-state index in [9.17, 15) is 23.0 Å². The van der Waals surface area contributed by atoms with Crippen LogP contribution in [0.4, 0.5) is 4.39 Å². The van der Waals surface area contributed by atoms with Gasteiger partial charge in [-0.1, -0.05) is 0 Å². The Balaban J connectivity index is 0.00000280. The van der Waals surface area contributed by atoms with Gasteiger partial charge < -0.3 is 14.9 Å². The van der Waals surface area contributed by atoms with Crippen LogP contribution in [0.3, 0.4) is 0 Å². The van der Waals surface area contributed by atoms with Crippen LogP contribution in [-0.4, -0.2) is 49.0 Å². The molecule has 7 nitrogen and oxygen atoms in total. The maximum absolute atomic E-state index is 13.0. The number of rotatable bonds is 7. The number of nitrogens with one attached hydrogen (secondary N) is 1. The molecule has 1 heterocycles. The monoisotopic (exact) mass is 432 g/mol. The van der Waals surface area contributed by atoms with Gasteiger partial charge >= 0.3 is 0 Å². The van der Waals surface area contributed by atoms with Gasteiger partial charge in [-0.2, -0.15) is 0 Å². The van der Waals surface area contributed by atoms with E-state index in [2.05, 4.69) is 9.71 Å². The van der Waals surface area contributed by atoms with Crippen molar-refractivity contribution in [2.45, 2.75) is 29.9 Å². The number of sulfonamides is 1. The maximum atomic E-state index is 13.0. The molecule has 0 aliphatic heterocycles. The summed E-state index contributed by atoms with van der Waals surface area (Å²) in [5.74, 6) is -0.0218. The van der Waals surface area contributed by atoms with E-state index in [1.54, 1.807) is 18.3 Å². The molecule has 1 fully saturated rings. The van der Waals surface area contributed by atoms with Gasteiger partial charge in [0.25, 0.3) is 0 Å². The number of aliphatic hydroxyl groups excluding tert-OH is 2. The number of benzene rings is 1. The molecule has 10 heteroatoms. The molecule has 1 aliphatic rings. The van der Waals surface area contributed by atoms with Gasteiger partial charge in [-0.25, -0.2) is 17.5 Å². The SMILES string of the molecule is Cl.O=S(=O)(NCC1(COc2cccnc2)C[C@@H](O)[C@@H](O)C1)c1ccc(F)cc1. The summed E-state index contributed by atoms with van der Waals surface area (Å²) in [6.07, 6.45) is 1.57. The van der Waals surface area contributed by atoms with Gasteiger partial charge in [0.05, 0.1) is 29.9 Å². The highest BCUT2D eigenvalue weighted by atomic mass is 35.5. The van der Waals surface area contributed by atoms with Crippen molar-refractivity contribution in [3.05, 3.63) is 54.6 Å². The van der Waals surface area contributed by atoms with Gasteiger partial charge in [0.15, 0.2) is 0 Å². The van der Waals surface area contributed by atoms with E-state index in [1.165, 1.54) is 18.3 Å². The van der Waals surface area contributed by atoms with Gasteiger partial charge in [0.1, 0.15) is 11.6 Å². The second kappa shape index (κ2) is 9.15. The van der Waals surface area contributed by atoms with Gasteiger partial charge in [0, 0.05) is 18.2 Å². The number of ether oxygens (including phenoxy) is 1. The Hall–Kier alpha value is -1.78. The van der Waals surface area contributed by atoms with Gasteiger partial charge in [-0.15, -0.1) is 12.4 Å². The van der Waals surface area contributed by atoms with Crippen molar-refractivity contribution in [2.24, 2.45) is 5.41 Å². The second-order valence-electron chi connectivity index (χ2n) is 6.80. The topological polar surface area (TPSA) is 109 Å². The van der Waals surface area contributed by atoms with Gasteiger partial charge in [-0.05, 0) is 49.2 Å². The third-order valence-electron chi connectivity index (χ3n) is 4.67. The molecule has 1 saturated carbocycles. The first-order valence-electron chi connectivity index (χ1n) is 8.44. The van der Waals surface area contributed by atoms with Gasteiger partial charge in [0.2, 0.25) is 10.0 Å². The Morgan fingerprint density at radius 3 is 2.39 bits per heavy atom. The highest BCUT2D eigenvalue weighted by Crippen LogP contribution is 2.39. The van der Waals surface area contributed by atoms with Crippen LogP contribution in [0.2, 0.25) is 0 Å². The molecule has 0 spiro atoms. The van der Waals surface area contributed by atoms with E-state index in [0.717, 1.165) is 12.1 Å². The summed E-state index contributed by atoms with van der Waals surface area (Å²) in [5, 5.41) is 19.9. The average Bonchev–Trinajstić information content (AvgIpc) is 2.94. The van der Waals surface area contributed by atoms with Crippen molar-refractivity contribution < 1.29 is 27.8 Å². The molecule has 28 heavy (non-hydrogen) atoms. The number of hydrogen-bond acceptors (Lipinski definition) is 6. The first kappa shape index (κ1) is 22.5. The number of hydrogen-bond donors (Lipinski definition) is 3. The van der Waals surface area contributed by atoms with Crippen LogP contribution in [-0.2, 0) is 10.0 Å². The average molecular weight is 433 g/mol. The lowest BCUT2D eigenvalue weighted by Crippen LogP contribution is -2.40. The van der Waals surface area contributed by atoms with Crippen molar-refractivity contribution in [1.29, 1.82) is 0 Å². The summed E-state index contributed by atoms with van der Waals surface area (Å²) in [7, 11) is -3.87. The Labute approximate surface area is 169 Å². The van der Waals surface area contributed by atoms with E-state index in [4.69, 9.17) is 4.74 Å². The molecule has 1 aliphatic carbocycles. The molecule has 2 aromatic rings. The number of nitrogens with zero attached hydrogens (tertiary/aromatic N) is 1. The van der Waals surface area contributed by atoms with E-state index in [-0.39, 0.29) is 43.3 Å². The van der Waals surface area contributed by atoms with Crippen LogP contribution < -0.4 is 9.46 Å². The van der Waals surface area contributed by atoms with Crippen LogP contribution in [0, 0.1) is 11.2 Å². The van der Waals surface area contributed by atoms with Crippen molar-refractivity contribution in [3.8, 4) is 5.75 Å². The minimum atomic E-state index is -3.87. The zero-order valence-electron chi connectivity index (χ0n) is 14.9. The number of aromatic nitrogens is 1. The van der Waals surface area contributed by atoms with Crippen molar-refractivity contribution in [3.63, 3.8) is 0 Å². The molecule has 0 amide bonds. The lowest BCUT2D eigenvalue weighted by molar-refractivity contribution is 0.0438. The summed E-state index contributed by atoms with van der Waals surface area (Å²) < 4.78 is 46.2. The fraction of sp³-hybridized carbons (Fsp3) is 0.389. The van der Waals surface area contributed by atoms with Crippen LogP contribution >= 0.6 is 12.4 Å². The summed E-state index contributed by atoms with van der Waals surface area (Å²) in [6, 6.07) is 7.91. The first-order chi connectivity index (χ1) is 12.8. The second-order valence-corrected chi connectivity index (χ2v) is 8.57. The standard InChI is InChI=1S/C18H21FN2O5S.ClH/c19-13-3-5-15(6-4-13)27(24,25)21-11-18(8-16(22)17(23)9-18)12-26-14-2-1-7-20-10-14;/h1-7,10,16-17,21-23H,8-9,11-12H2;1H/t16-,17+,18?;. The molecule has 154 valence electrons. The van der Waals surface area contributed by atoms with E-state index >= 15 is 0 Å². The van der Waals surface area contributed by atoms with Crippen LogP contribution in [0.1, 0.15) is 12.8 Å². The Kier molecular flexibility index (Phi) is 7.35. The first-order valence-corrected chi connectivity index (χ1v) is 9.92. The molecule has 3 atom stereocenters. The zero-order chi connectivity index (χ0) is 19.5. The van der Waals surface area contributed by atoms with E-state index in [1.807, 2.05) is 0 Å². The molecule has 1 aromatic carbocycles. The van der Waals surface area contributed by atoms with Crippen LogP contribution in [0.25, 0.3) is 0 Å². The van der Waals surface area contributed by atoms with E-state index < -0.39 is 33.5 Å². The molecule has 0 bridgehead atoms. The third kappa shape index (κ3) is 5.39. The van der Waals surface area contributed by atoms with Crippen LogP contribution in [0.15, 0.2) is 53.7 Å². The molecule has 1 unspecified atom stereocenters. The molecule has 3 N–H and O–H groups in total. The third-order valence-corrected chi connectivity index (χ3v) is 6.09. The molecular weight excluding hydrogens is 411 g/mol. The maximum Gasteiger partial charge on any atom is 0.240 e. The summed E-state index contributed by atoms with van der Waals surface area (Å²) in [6.45, 7) is 0.0554. The van der Waals surface area contributed by atoms with Crippen LogP contribution in [0.5, 0.6) is 5.75 Å². The zero-order valence-corrected chi connectivity index (χ0v) is 16.5.